The summed E-state index contributed by atoms with van der Waals surface area (Å²) in [7, 11) is 0. The SMILES string of the molecule is Cc1ccc(-c2cn3cccnc3n2)cc1NC(=O)c1ccc([N+](=O)[O-])cc1. The summed E-state index contributed by atoms with van der Waals surface area (Å²) in [5, 5.41) is 13.6. The number of benzene rings is 2. The van der Waals surface area contributed by atoms with Crippen LogP contribution in [0.1, 0.15) is 15.9 Å². The minimum absolute atomic E-state index is 0.0600. The fourth-order valence-electron chi connectivity index (χ4n) is 2.81. The van der Waals surface area contributed by atoms with Crippen LogP contribution < -0.4 is 5.32 Å². The van der Waals surface area contributed by atoms with E-state index in [-0.39, 0.29) is 11.6 Å². The molecule has 28 heavy (non-hydrogen) atoms. The number of carbonyl (C=O) groups is 1. The highest BCUT2D eigenvalue weighted by atomic mass is 16.6. The van der Waals surface area contributed by atoms with Gasteiger partial charge in [0.1, 0.15) is 0 Å². The lowest BCUT2D eigenvalue weighted by atomic mass is 10.1. The zero-order valence-electron chi connectivity index (χ0n) is 14.9. The number of anilines is 1. The lowest BCUT2D eigenvalue weighted by Gasteiger charge is -2.10. The van der Waals surface area contributed by atoms with Gasteiger partial charge < -0.3 is 5.32 Å². The Morgan fingerprint density at radius 2 is 1.96 bits per heavy atom. The van der Waals surface area contributed by atoms with Crippen LogP contribution in [-0.4, -0.2) is 25.2 Å². The van der Waals surface area contributed by atoms with E-state index in [1.807, 2.05) is 48.0 Å². The van der Waals surface area contributed by atoms with Crippen LogP contribution in [0.3, 0.4) is 0 Å². The molecule has 2 heterocycles. The molecule has 0 saturated heterocycles. The molecule has 0 fully saturated rings. The number of nitro benzene ring substituents is 1. The summed E-state index contributed by atoms with van der Waals surface area (Å²) >= 11 is 0. The van der Waals surface area contributed by atoms with Crippen LogP contribution >= 0.6 is 0 Å². The average molecular weight is 373 g/mol. The van der Waals surface area contributed by atoms with Gasteiger partial charge in [-0.25, -0.2) is 9.97 Å². The number of nitro groups is 1. The third-order valence-corrected chi connectivity index (χ3v) is 4.36. The number of aryl methyl sites for hydroxylation is 1. The molecule has 2 aromatic carbocycles. The molecule has 4 rings (SSSR count). The van der Waals surface area contributed by atoms with Crippen molar-refractivity contribution in [3.8, 4) is 11.3 Å². The number of fused-ring (bicyclic) bond motifs is 1. The van der Waals surface area contributed by atoms with Gasteiger partial charge in [0, 0.05) is 47.5 Å². The third-order valence-electron chi connectivity index (χ3n) is 4.36. The molecular weight excluding hydrogens is 358 g/mol. The molecule has 138 valence electrons. The van der Waals surface area contributed by atoms with Crippen molar-refractivity contribution in [2.75, 3.05) is 5.32 Å². The Kier molecular flexibility index (Phi) is 4.29. The molecule has 0 saturated carbocycles. The molecule has 0 bridgehead atoms. The highest BCUT2D eigenvalue weighted by molar-refractivity contribution is 6.05. The molecule has 1 amide bonds. The quantitative estimate of drug-likeness (QED) is 0.432. The molecule has 0 aliphatic carbocycles. The summed E-state index contributed by atoms with van der Waals surface area (Å²) in [5.74, 6) is 0.251. The summed E-state index contributed by atoms with van der Waals surface area (Å²) in [4.78, 5) is 31.5. The van der Waals surface area contributed by atoms with Crippen LogP contribution in [0.15, 0.2) is 67.1 Å². The standard InChI is InChI=1S/C20H15N5O3/c1-13-3-4-15(18-12-24-10-2-9-21-20(24)23-18)11-17(13)22-19(26)14-5-7-16(8-6-14)25(27)28/h2-12H,1H3,(H,22,26). The van der Waals surface area contributed by atoms with Crippen molar-refractivity contribution in [1.82, 2.24) is 14.4 Å². The first kappa shape index (κ1) is 17.3. The molecule has 0 aliphatic heterocycles. The molecule has 0 aliphatic rings. The summed E-state index contributed by atoms with van der Waals surface area (Å²) in [6, 6.07) is 13.0. The first-order valence-corrected chi connectivity index (χ1v) is 8.48. The van der Waals surface area contributed by atoms with Crippen molar-refractivity contribution >= 4 is 23.1 Å². The van der Waals surface area contributed by atoms with Gasteiger partial charge >= 0.3 is 0 Å². The Labute approximate surface area is 159 Å². The lowest BCUT2D eigenvalue weighted by Crippen LogP contribution is -2.12. The predicted molar refractivity (Wildman–Crippen MR) is 104 cm³/mol. The minimum atomic E-state index is -0.501. The zero-order valence-corrected chi connectivity index (χ0v) is 14.9. The van der Waals surface area contributed by atoms with E-state index in [1.165, 1.54) is 24.3 Å². The molecule has 4 aromatic rings. The number of aromatic nitrogens is 3. The second-order valence-corrected chi connectivity index (χ2v) is 6.24. The van der Waals surface area contributed by atoms with Crippen LogP contribution in [0.2, 0.25) is 0 Å². The minimum Gasteiger partial charge on any atom is -0.322 e. The van der Waals surface area contributed by atoms with E-state index in [0.717, 1.165) is 16.8 Å². The van der Waals surface area contributed by atoms with Gasteiger partial charge in [-0.15, -0.1) is 0 Å². The maximum atomic E-state index is 12.5. The average Bonchev–Trinajstić information content (AvgIpc) is 3.14. The summed E-state index contributed by atoms with van der Waals surface area (Å²) in [6.45, 7) is 1.89. The van der Waals surface area contributed by atoms with Crippen molar-refractivity contribution in [2.24, 2.45) is 0 Å². The van der Waals surface area contributed by atoms with Gasteiger partial charge in [0.15, 0.2) is 0 Å². The van der Waals surface area contributed by atoms with Crippen LogP contribution in [0.25, 0.3) is 17.0 Å². The highest BCUT2D eigenvalue weighted by Crippen LogP contribution is 2.25. The number of nitrogens with zero attached hydrogens (tertiary/aromatic N) is 4. The summed E-state index contributed by atoms with van der Waals surface area (Å²) in [6.07, 6.45) is 5.41. The molecule has 8 nitrogen and oxygen atoms in total. The van der Waals surface area contributed by atoms with Gasteiger partial charge in [-0.1, -0.05) is 12.1 Å². The van der Waals surface area contributed by atoms with Crippen molar-refractivity contribution in [1.29, 1.82) is 0 Å². The van der Waals surface area contributed by atoms with E-state index in [0.29, 0.717) is 17.0 Å². The number of non-ortho nitro benzene ring substituents is 1. The Morgan fingerprint density at radius 1 is 1.18 bits per heavy atom. The molecule has 0 radical (unpaired) electrons. The van der Waals surface area contributed by atoms with Crippen LogP contribution in [0, 0.1) is 17.0 Å². The second kappa shape index (κ2) is 6.92. The van der Waals surface area contributed by atoms with Crippen LogP contribution in [-0.2, 0) is 0 Å². The fourth-order valence-corrected chi connectivity index (χ4v) is 2.81. The van der Waals surface area contributed by atoms with Gasteiger partial charge in [0.05, 0.1) is 10.6 Å². The molecule has 1 N–H and O–H groups in total. The van der Waals surface area contributed by atoms with Gasteiger partial charge in [-0.05, 0) is 36.8 Å². The number of nitrogens with one attached hydrogen (secondary N) is 1. The number of amides is 1. The molecule has 8 heteroatoms. The monoisotopic (exact) mass is 373 g/mol. The van der Waals surface area contributed by atoms with Crippen molar-refractivity contribution in [2.45, 2.75) is 6.92 Å². The number of rotatable bonds is 4. The predicted octanol–water partition coefficient (Wildman–Crippen LogP) is 3.87. The normalized spacial score (nSPS) is 10.8. The Balaban J connectivity index is 1.61. The van der Waals surface area contributed by atoms with E-state index < -0.39 is 4.92 Å². The van der Waals surface area contributed by atoms with Gasteiger partial charge in [-0.2, -0.15) is 0 Å². The number of hydrogen-bond donors (Lipinski definition) is 1. The number of hydrogen-bond acceptors (Lipinski definition) is 5. The molecule has 0 unspecified atom stereocenters. The van der Waals surface area contributed by atoms with E-state index in [9.17, 15) is 14.9 Å². The van der Waals surface area contributed by atoms with E-state index in [2.05, 4.69) is 15.3 Å². The smallest absolute Gasteiger partial charge is 0.269 e. The van der Waals surface area contributed by atoms with Gasteiger partial charge in [0.25, 0.3) is 11.6 Å². The highest BCUT2D eigenvalue weighted by Gasteiger charge is 2.12. The van der Waals surface area contributed by atoms with E-state index >= 15 is 0 Å². The molecule has 2 aromatic heterocycles. The first-order chi connectivity index (χ1) is 13.5. The Hall–Kier alpha value is -4.07. The Bertz CT molecular complexity index is 1170. The lowest BCUT2D eigenvalue weighted by molar-refractivity contribution is -0.384. The van der Waals surface area contributed by atoms with Gasteiger partial charge in [-0.3, -0.25) is 19.3 Å². The molecular formula is C20H15N5O3. The number of imidazole rings is 1. The van der Waals surface area contributed by atoms with E-state index in [4.69, 9.17) is 0 Å². The van der Waals surface area contributed by atoms with Crippen LogP contribution in [0.4, 0.5) is 11.4 Å². The second-order valence-electron chi connectivity index (χ2n) is 6.24. The molecule has 0 spiro atoms. The topological polar surface area (TPSA) is 102 Å². The van der Waals surface area contributed by atoms with E-state index in [1.54, 1.807) is 6.20 Å². The zero-order chi connectivity index (χ0) is 19.7. The fraction of sp³-hybridized carbons (Fsp3) is 0.0500. The largest absolute Gasteiger partial charge is 0.322 e. The first-order valence-electron chi connectivity index (χ1n) is 8.48. The maximum absolute atomic E-state index is 12.5. The van der Waals surface area contributed by atoms with Crippen LogP contribution in [0.5, 0.6) is 0 Å². The molecule has 0 atom stereocenters. The van der Waals surface area contributed by atoms with Gasteiger partial charge in [0.2, 0.25) is 5.78 Å². The van der Waals surface area contributed by atoms with Crippen molar-refractivity contribution in [3.63, 3.8) is 0 Å². The Morgan fingerprint density at radius 3 is 2.68 bits per heavy atom. The summed E-state index contributed by atoms with van der Waals surface area (Å²) < 4.78 is 1.82. The summed E-state index contributed by atoms with van der Waals surface area (Å²) in [5.41, 5.74) is 3.40. The van der Waals surface area contributed by atoms with Crippen molar-refractivity contribution in [3.05, 3.63) is 88.4 Å². The third kappa shape index (κ3) is 3.30. The van der Waals surface area contributed by atoms with Crippen molar-refractivity contribution < 1.29 is 9.72 Å². The maximum Gasteiger partial charge on any atom is 0.269 e. The number of carbonyl (C=O) groups excluding carboxylic acids is 1.